The Labute approximate surface area is 145 Å². The standard InChI is InChI=1S/C19H29N3O2/c23-19(22-12-8-20-9-13-22)7-11-21-10-6-18(14-21)16-24-15-17-4-2-1-3-5-17/h1-5,18,20H,6-16H2. The van der Waals surface area contributed by atoms with Gasteiger partial charge < -0.3 is 19.9 Å². The second-order valence-corrected chi connectivity index (χ2v) is 6.84. The predicted molar refractivity (Wildman–Crippen MR) is 94.7 cm³/mol. The number of hydrogen-bond donors (Lipinski definition) is 1. The van der Waals surface area contributed by atoms with Crippen molar-refractivity contribution in [3.8, 4) is 0 Å². The van der Waals surface area contributed by atoms with Crippen LogP contribution in [0, 0.1) is 5.92 Å². The maximum Gasteiger partial charge on any atom is 0.223 e. The lowest BCUT2D eigenvalue weighted by Crippen LogP contribution is -2.47. The van der Waals surface area contributed by atoms with Crippen molar-refractivity contribution in [2.24, 2.45) is 5.92 Å². The molecule has 3 rings (SSSR count). The molecule has 24 heavy (non-hydrogen) atoms. The third kappa shape index (κ3) is 5.30. The van der Waals surface area contributed by atoms with Gasteiger partial charge in [-0.15, -0.1) is 0 Å². The van der Waals surface area contributed by atoms with Crippen molar-refractivity contribution in [3.63, 3.8) is 0 Å². The molecular weight excluding hydrogens is 302 g/mol. The fourth-order valence-electron chi connectivity index (χ4n) is 3.50. The largest absolute Gasteiger partial charge is 0.376 e. The third-order valence-corrected chi connectivity index (χ3v) is 4.95. The summed E-state index contributed by atoms with van der Waals surface area (Å²) in [5.74, 6) is 0.906. The topological polar surface area (TPSA) is 44.8 Å². The molecule has 2 aliphatic rings. The van der Waals surface area contributed by atoms with Crippen molar-refractivity contribution in [1.82, 2.24) is 15.1 Å². The molecule has 2 aliphatic heterocycles. The van der Waals surface area contributed by atoms with E-state index in [9.17, 15) is 4.79 Å². The first-order valence-corrected chi connectivity index (χ1v) is 9.14. The summed E-state index contributed by atoms with van der Waals surface area (Å²) in [5.41, 5.74) is 1.23. The highest BCUT2D eigenvalue weighted by Gasteiger charge is 2.24. The Kier molecular flexibility index (Phi) is 6.64. The van der Waals surface area contributed by atoms with E-state index in [0.29, 0.717) is 24.9 Å². The molecule has 0 radical (unpaired) electrons. The minimum Gasteiger partial charge on any atom is -0.376 e. The number of hydrogen-bond acceptors (Lipinski definition) is 4. The molecule has 2 saturated heterocycles. The van der Waals surface area contributed by atoms with Crippen LogP contribution in [0.25, 0.3) is 0 Å². The second-order valence-electron chi connectivity index (χ2n) is 6.84. The maximum atomic E-state index is 12.2. The number of carbonyl (C=O) groups is 1. The van der Waals surface area contributed by atoms with Crippen molar-refractivity contribution in [2.45, 2.75) is 19.4 Å². The van der Waals surface area contributed by atoms with Crippen LogP contribution in [0.15, 0.2) is 30.3 Å². The summed E-state index contributed by atoms with van der Waals surface area (Å²) < 4.78 is 5.86. The number of carbonyl (C=O) groups excluding carboxylic acids is 1. The van der Waals surface area contributed by atoms with E-state index in [-0.39, 0.29) is 0 Å². The Morgan fingerprint density at radius 2 is 1.96 bits per heavy atom. The number of amides is 1. The van der Waals surface area contributed by atoms with Crippen LogP contribution in [-0.4, -0.2) is 68.1 Å². The Morgan fingerprint density at radius 3 is 2.75 bits per heavy atom. The van der Waals surface area contributed by atoms with Gasteiger partial charge in [0.05, 0.1) is 13.2 Å². The lowest BCUT2D eigenvalue weighted by atomic mass is 10.1. The van der Waals surface area contributed by atoms with Gasteiger partial charge >= 0.3 is 0 Å². The number of ether oxygens (including phenoxy) is 1. The van der Waals surface area contributed by atoms with Crippen molar-refractivity contribution in [1.29, 1.82) is 0 Å². The Balaban J connectivity index is 1.30. The third-order valence-electron chi connectivity index (χ3n) is 4.95. The molecule has 0 spiro atoms. The number of likely N-dealkylation sites (tertiary alicyclic amines) is 1. The van der Waals surface area contributed by atoms with Gasteiger partial charge in [0.2, 0.25) is 5.91 Å². The molecule has 1 atom stereocenters. The first kappa shape index (κ1) is 17.4. The summed E-state index contributed by atoms with van der Waals surface area (Å²) in [6, 6.07) is 10.3. The quantitative estimate of drug-likeness (QED) is 0.819. The van der Waals surface area contributed by atoms with Crippen molar-refractivity contribution in [3.05, 3.63) is 35.9 Å². The van der Waals surface area contributed by atoms with Crippen molar-refractivity contribution < 1.29 is 9.53 Å². The fraction of sp³-hybridized carbons (Fsp3) is 0.632. The highest BCUT2D eigenvalue weighted by atomic mass is 16.5. The minimum absolute atomic E-state index is 0.306. The fourth-order valence-corrected chi connectivity index (χ4v) is 3.50. The van der Waals surface area contributed by atoms with Gasteiger partial charge in [0.25, 0.3) is 0 Å². The molecule has 0 aliphatic carbocycles. The van der Waals surface area contributed by atoms with E-state index in [1.54, 1.807) is 0 Å². The zero-order chi connectivity index (χ0) is 16.6. The van der Waals surface area contributed by atoms with E-state index >= 15 is 0 Å². The summed E-state index contributed by atoms with van der Waals surface area (Å²) in [6.07, 6.45) is 1.83. The number of piperazine rings is 1. The number of rotatable bonds is 7. The van der Waals surface area contributed by atoms with Crippen molar-refractivity contribution >= 4 is 5.91 Å². The van der Waals surface area contributed by atoms with Crippen LogP contribution in [0.2, 0.25) is 0 Å². The van der Waals surface area contributed by atoms with Gasteiger partial charge in [-0.2, -0.15) is 0 Å². The molecule has 5 heteroatoms. The van der Waals surface area contributed by atoms with E-state index in [0.717, 1.165) is 52.4 Å². The van der Waals surface area contributed by atoms with Crippen LogP contribution >= 0.6 is 0 Å². The summed E-state index contributed by atoms with van der Waals surface area (Å²) in [6.45, 7) is 8.11. The molecule has 0 aromatic heterocycles. The SMILES string of the molecule is O=C(CCN1CCC(COCc2ccccc2)C1)N1CCNCC1. The highest BCUT2D eigenvalue weighted by molar-refractivity contribution is 5.76. The van der Waals surface area contributed by atoms with E-state index < -0.39 is 0 Å². The lowest BCUT2D eigenvalue weighted by molar-refractivity contribution is -0.132. The highest BCUT2D eigenvalue weighted by Crippen LogP contribution is 2.17. The molecule has 1 N–H and O–H groups in total. The summed E-state index contributed by atoms with van der Waals surface area (Å²) >= 11 is 0. The molecule has 2 fully saturated rings. The first-order valence-electron chi connectivity index (χ1n) is 9.14. The summed E-state index contributed by atoms with van der Waals surface area (Å²) in [7, 11) is 0. The number of nitrogens with one attached hydrogen (secondary N) is 1. The molecule has 2 heterocycles. The van der Waals surface area contributed by atoms with E-state index in [2.05, 4.69) is 22.3 Å². The molecule has 132 valence electrons. The molecule has 5 nitrogen and oxygen atoms in total. The molecule has 0 bridgehead atoms. The maximum absolute atomic E-state index is 12.2. The van der Waals surface area contributed by atoms with Crippen LogP contribution < -0.4 is 5.32 Å². The molecular formula is C19H29N3O2. The normalized spacial score (nSPS) is 22.0. The van der Waals surface area contributed by atoms with E-state index in [1.807, 2.05) is 23.1 Å². The molecule has 1 aromatic carbocycles. The number of nitrogens with zero attached hydrogens (tertiary/aromatic N) is 2. The molecule has 0 saturated carbocycles. The van der Waals surface area contributed by atoms with Crippen molar-refractivity contribution in [2.75, 3.05) is 52.4 Å². The van der Waals surface area contributed by atoms with Gasteiger partial charge in [-0.1, -0.05) is 30.3 Å². The monoisotopic (exact) mass is 331 g/mol. The van der Waals surface area contributed by atoms with Crippen LogP contribution in [0.3, 0.4) is 0 Å². The van der Waals surface area contributed by atoms with Crippen LogP contribution in [0.1, 0.15) is 18.4 Å². The van der Waals surface area contributed by atoms with Gasteiger partial charge in [0, 0.05) is 45.7 Å². The van der Waals surface area contributed by atoms with Gasteiger partial charge in [-0.05, 0) is 24.4 Å². The van der Waals surface area contributed by atoms with Gasteiger partial charge in [0.15, 0.2) is 0 Å². The lowest BCUT2D eigenvalue weighted by Gasteiger charge is -2.28. The Morgan fingerprint density at radius 1 is 1.17 bits per heavy atom. The first-order chi connectivity index (χ1) is 11.8. The summed E-state index contributed by atoms with van der Waals surface area (Å²) in [5, 5.41) is 3.29. The van der Waals surface area contributed by atoms with Gasteiger partial charge in [0.1, 0.15) is 0 Å². The van der Waals surface area contributed by atoms with Gasteiger partial charge in [-0.3, -0.25) is 4.79 Å². The van der Waals surface area contributed by atoms with Crippen LogP contribution in [-0.2, 0) is 16.1 Å². The predicted octanol–water partition coefficient (Wildman–Crippen LogP) is 1.35. The van der Waals surface area contributed by atoms with E-state index in [4.69, 9.17) is 4.74 Å². The molecule has 1 unspecified atom stereocenters. The van der Waals surface area contributed by atoms with E-state index in [1.165, 1.54) is 12.0 Å². The molecule has 1 aromatic rings. The van der Waals surface area contributed by atoms with Gasteiger partial charge in [-0.25, -0.2) is 0 Å². The zero-order valence-electron chi connectivity index (χ0n) is 14.5. The average Bonchev–Trinajstić information content (AvgIpc) is 3.09. The zero-order valence-corrected chi connectivity index (χ0v) is 14.5. The summed E-state index contributed by atoms with van der Waals surface area (Å²) in [4.78, 5) is 16.6. The Bertz CT molecular complexity index is 503. The smallest absolute Gasteiger partial charge is 0.223 e. The second kappa shape index (κ2) is 9.16. The number of benzene rings is 1. The molecule has 1 amide bonds. The van der Waals surface area contributed by atoms with Crippen LogP contribution in [0.5, 0.6) is 0 Å². The Hall–Kier alpha value is -1.43. The average molecular weight is 331 g/mol. The van der Waals surface area contributed by atoms with Crippen LogP contribution in [0.4, 0.5) is 0 Å². The minimum atomic E-state index is 0.306.